The first-order valence-electron chi connectivity index (χ1n) is 5.50. The standard InChI is InChI=1S/C10H11N5O3S/c1-2-3-15-9(18)13-14-10(15)19-7-5-11-4-6(12-7)8(16)17/h4-5H,2-3H2,1H3,(H,13,18)(H,16,17). The SMILES string of the molecule is CCCn1c(Sc2cncc(C(=O)O)n2)n[nH]c1=O. The van der Waals surface area contributed by atoms with Crippen molar-refractivity contribution in [3.63, 3.8) is 0 Å². The van der Waals surface area contributed by atoms with Gasteiger partial charge in [-0.15, -0.1) is 5.10 Å². The summed E-state index contributed by atoms with van der Waals surface area (Å²) in [6.07, 6.45) is 3.37. The number of hydrogen-bond acceptors (Lipinski definition) is 6. The summed E-state index contributed by atoms with van der Waals surface area (Å²) in [5.41, 5.74) is -0.448. The molecule has 0 saturated carbocycles. The smallest absolute Gasteiger partial charge is 0.356 e. The van der Waals surface area contributed by atoms with E-state index in [2.05, 4.69) is 20.2 Å². The summed E-state index contributed by atoms with van der Waals surface area (Å²) in [6, 6.07) is 0. The predicted octanol–water partition coefficient (Wildman–Crippen LogP) is 0.621. The van der Waals surface area contributed by atoms with E-state index in [1.807, 2.05) is 6.92 Å². The third kappa shape index (κ3) is 2.99. The third-order valence-electron chi connectivity index (χ3n) is 2.20. The number of rotatable bonds is 5. The molecule has 0 radical (unpaired) electrons. The van der Waals surface area contributed by atoms with Gasteiger partial charge in [0.1, 0.15) is 5.03 Å². The Kier molecular flexibility index (Phi) is 3.95. The van der Waals surface area contributed by atoms with E-state index in [1.165, 1.54) is 10.8 Å². The van der Waals surface area contributed by atoms with Crippen LogP contribution in [0.25, 0.3) is 0 Å². The van der Waals surface area contributed by atoms with Gasteiger partial charge < -0.3 is 5.11 Å². The molecule has 2 heterocycles. The maximum atomic E-state index is 11.5. The minimum Gasteiger partial charge on any atom is -0.476 e. The van der Waals surface area contributed by atoms with Gasteiger partial charge in [-0.05, 0) is 18.2 Å². The lowest BCUT2D eigenvalue weighted by Gasteiger charge is -2.03. The summed E-state index contributed by atoms with van der Waals surface area (Å²) < 4.78 is 1.47. The molecule has 0 amide bonds. The Labute approximate surface area is 111 Å². The van der Waals surface area contributed by atoms with Crippen LogP contribution in [0.4, 0.5) is 0 Å². The van der Waals surface area contributed by atoms with E-state index < -0.39 is 5.97 Å². The zero-order chi connectivity index (χ0) is 13.8. The Morgan fingerprint density at radius 3 is 3.00 bits per heavy atom. The summed E-state index contributed by atoms with van der Waals surface area (Å²) in [5.74, 6) is -1.15. The van der Waals surface area contributed by atoms with E-state index in [-0.39, 0.29) is 11.4 Å². The van der Waals surface area contributed by atoms with E-state index in [0.29, 0.717) is 16.7 Å². The van der Waals surface area contributed by atoms with Crippen molar-refractivity contribution in [1.82, 2.24) is 24.7 Å². The van der Waals surface area contributed by atoms with Crippen LogP contribution < -0.4 is 5.69 Å². The molecule has 0 aliphatic rings. The number of hydrogen-bond donors (Lipinski definition) is 2. The lowest BCUT2D eigenvalue weighted by Crippen LogP contribution is -2.17. The number of aromatic carboxylic acids is 1. The number of carboxylic acids is 1. The van der Waals surface area contributed by atoms with Crippen molar-refractivity contribution < 1.29 is 9.90 Å². The number of carbonyl (C=O) groups is 1. The van der Waals surface area contributed by atoms with Crippen LogP contribution in [0, 0.1) is 0 Å². The van der Waals surface area contributed by atoms with Gasteiger partial charge >= 0.3 is 11.7 Å². The highest BCUT2D eigenvalue weighted by Crippen LogP contribution is 2.22. The van der Waals surface area contributed by atoms with Crippen molar-refractivity contribution >= 4 is 17.7 Å². The van der Waals surface area contributed by atoms with Crippen LogP contribution in [0.1, 0.15) is 23.8 Å². The highest BCUT2D eigenvalue weighted by molar-refractivity contribution is 7.99. The molecule has 8 nitrogen and oxygen atoms in total. The van der Waals surface area contributed by atoms with Gasteiger partial charge in [0, 0.05) is 6.54 Å². The van der Waals surface area contributed by atoms with E-state index in [9.17, 15) is 9.59 Å². The Balaban J connectivity index is 2.28. The van der Waals surface area contributed by atoms with Crippen molar-refractivity contribution in [2.45, 2.75) is 30.1 Å². The fourth-order valence-electron chi connectivity index (χ4n) is 1.40. The first-order valence-corrected chi connectivity index (χ1v) is 6.32. The Bertz CT molecular complexity index is 651. The Morgan fingerprint density at radius 1 is 1.53 bits per heavy atom. The maximum absolute atomic E-state index is 11.5. The van der Waals surface area contributed by atoms with Crippen LogP contribution in [0.5, 0.6) is 0 Å². The molecular weight excluding hydrogens is 270 g/mol. The Hall–Kier alpha value is -2.16. The number of nitrogens with one attached hydrogen (secondary N) is 1. The zero-order valence-corrected chi connectivity index (χ0v) is 10.8. The highest BCUT2D eigenvalue weighted by Gasteiger charge is 2.12. The minimum atomic E-state index is -1.15. The lowest BCUT2D eigenvalue weighted by atomic mass is 10.5. The van der Waals surface area contributed by atoms with Crippen LogP contribution in [-0.4, -0.2) is 35.8 Å². The average Bonchev–Trinajstić information content (AvgIpc) is 2.72. The van der Waals surface area contributed by atoms with E-state index in [0.717, 1.165) is 24.4 Å². The normalized spacial score (nSPS) is 10.6. The van der Waals surface area contributed by atoms with Gasteiger partial charge in [-0.1, -0.05) is 6.92 Å². The quantitative estimate of drug-likeness (QED) is 0.825. The van der Waals surface area contributed by atoms with Crippen molar-refractivity contribution in [2.75, 3.05) is 0 Å². The number of aromatic amines is 1. The van der Waals surface area contributed by atoms with Gasteiger partial charge in [0.15, 0.2) is 10.9 Å². The first kappa shape index (κ1) is 13.3. The van der Waals surface area contributed by atoms with Gasteiger partial charge in [-0.25, -0.2) is 19.7 Å². The van der Waals surface area contributed by atoms with Gasteiger partial charge in [0.25, 0.3) is 0 Å². The van der Waals surface area contributed by atoms with E-state index >= 15 is 0 Å². The van der Waals surface area contributed by atoms with E-state index in [4.69, 9.17) is 5.11 Å². The molecule has 2 aromatic rings. The summed E-state index contributed by atoms with van der Waals surface area (Å²) in [5, 5.41) is 15.9. The summed E-state index contributed by atoms with van der Waals surface area (Å²) in [6.45, 7) is 2.47. The highest BCUT2D eigenvalue weighted by atomic mass is 32.2. The molecule has 0 atom stereocenters. The third-order valence-corrected chi connectivity index (χ3v) is 3.10. The van der Waals surface area contributed by atoms with Crippen LogP contribution >= 0.6 is 11.8 Å². The molecule has 2 aromatic heterocycles. The van der Waals surface area contributed by atoms with Gasteiger partial charge in [0.2, 0.25) is 0 Å². The molecule has 2 N–H and O–H groups in total. The summed E-state index contributed by atoms with van der Waals surface area (Å²) in [4.78, 5) is 30.0. The fourth-order valence-corrected chi connectivity index (χ4v) is 2.22. The van der Waals surface area contributed by atoms with Crippen LogP contribution in [-0.2, 0) is 6.54 Å². The van der Waals surface area contributed by atoms with Crippen LogP contribution in [0.15, 0.2) is 27.4 Å². The average molecular weight is 281 g/mol. The van der Waals surface area contributed by atoms with Gasteiger partial charge in [0.05, 0.1) is 12.4 Å². The molecule has 0 aromatic carbocycles. The number of aromatic nitrogens is 5. The second-order valence-corrected chi connectivity index (χ2v) is 4.60. The van der Waals surface area contributed by atoms with Gasteiger partial charge in [-0.3, -0.25) is 9.55 Å². The van der Waals surface area contributed by atoms with Crippen LogP contribution in [0.2, 0.25) is 0 Å². The molecule has 0 unspecified atom stereocenters. The fraction of sp³-hybridized carbons (Fsp3) is 0.300. The predicted molar refractivity (Wildman–Crippen MR) is 66.3 cm³/mol. The molecule has 0 bridgehead atoms. The van der Waals surface area contributed by atoms with E-state index in [1.54, 1.807) is 0 Å². The topological polar surface area (TPSA) is 114 Å². The van der Waals surface area contributed by atoms with Crippen molar-refractivity contribution in [3.8, 4) is 0 Å². The van der Waals surface area contributed by atoms with Crippen molar-refractivity contribution in [3.05, 3.63) is 28.6 Å². The number of H-pyrrole nitrogens is 1. The maximum Gasteiger partial charge on any atom is 0.356 e. The molecule has 19 heavy (non-hydrogen) atoms. The molecular formula is C10H11N5O3S. The number of carboxylic acid groups (broad SMARTS) is 1. The monoisotopic (exact) mass is 281 g/mol. The second kappa shape index (κ2) is 5.65. The molecule has 0 saturated heterocycles. The molecule has 100 valence electrons. The van der Waals surface area contributed by atoms with Crippen molar-refractivity contribution in [2.24, 2.45) is 0 Å². The Morgan fingerprint density at radius 2 is 2.32 bits per heavy atom. The van der Waals surface area contributed by atoms with Crippen molar-refractivity contribution in [1.29, 1.82) is 0 Å². The lowest BCUT2D eigenvalue weighted by molar-refractivity contribution is 0.0689. The van der Waals surface area contributed by atoms with Gasteiger partial charge in [-0.2, -0.15) is 0 Å². The summed E-state index contributed by atoms with van der Waals surface area (Å²) in [7, 11) is 0. The zero-order valence-electron chi connectivity index (χ0n) is 10.0. The minimum absolute atomic E-state index is 0.148. The molecule has 2 rings (SSSR count). The largest absolute Gasteiger partial charge is 0.476 e. The number of nitrogens with zero attached hydrogens (tertiary/aromatic N) is 4. The molecule has 0 aliphatic heterocycles. The molecule has 0 fully saturated rings. The molecule has 0 spiro atoms. The molecule has 9 heteroatoms. The summed E-state index contributed by atoms with van der Waals surface area (Å²) >= 11 is 1.09. The van der Waals surface area contributed by atoms with Crippen LogP contribution in [0.3, 0.4) is 0 Å². The second-order valence-electron chi connectivity index (χ2n) is 3.61. The molecule has 0 aliphatic carbocycles. The first-order chi connectivity index (χ1) is 9.11.